The van der Waals surface area contributed by atoms with Gasteiger partial charge in [0.15, 0.2) is 0 Å². The average Bonchev–Trinajstić information content (AvgIpc) is 2.14. The Morgan fingerprint density at radius 2 is 2.20 bits per heavy atom. The topological polar surface area (TPSA) is 84.5 Å². The second kappa shape index (κ2) is 3.23. The first kappa shape index (κ1) is 9.97. The molecule has 1 aliphatic rings. The Labute approximate surface area is 88.2 Å². The van der Waals surface area contributed by atoms with Crippen molar-refractivity contribution in [3.8, 4) is 0 Å². The summed E-state index contributed by atoms with van der Waals surface area (Å²) in [4.78, 5) is 0. The molecule has 15 heavy (non-hydrogen) atoms. The smallest absolute Gasteiger partial charge is 0.344 e. The second-order valence-corrected chi connectivity index (χ2v) is 4.58. The number of nitrogens with one attached hydrogen (secondary N) is 1. The molecular weight excluding hydrogens is 214 g/mol. The van der Waals surface area contributed by atoms with E-state index < -0.39 is 10.2 Å². The van der Waals surface area contributed by atoms with Gasteiger partial charge in [-0.05, 0) is 18.1 Å². The largest absolute Gasteiger partial charge is 0.382 e. The molecular formula is C9H11N3O2S. The summed E-state index contributed by atoms with van der Waals surface area (Å²) >= 11 is 0. The molecule has 5 nitrogen and oxygen atoms in total. The van der Waals surface area contributed by atoms with Gasteiger partial charge in [0.05, 0.1) is 5.69 Å². The first-order valence-corrected chi connectivity index (χ1v) is 5.98. The van der Waals surface area contributed by atoms with Crippen LogP contribution in [0.15, 0.2) is 22.6 Å². The monoisotopic (exact) mass is 225 g/mol. The van der Waals surface area contributed by atoms with Crippen LogP contribution in [0.3, 0.4) is 0 Å². The first-order valence-electron chi connectivity index (χ1n) is 4.54. The van der Waals surface area contributed by atoms with Crippen molar-refractivity contribution in [3.63, 3.8) is 0 Å². The van der Waals surface area contributed by atoms with Crippen molar-refractivity contribution < 1.29 is 8.42 Å². The fraction of sp³-hybridized carbons (Fsp3) is 0.222. The molecule has 1 aromatic carbocycles. The van der Waals surface area contributed by atoms with Crippen molar-refractivity contribution in [2.45, 2.75) is 13.3 Å². The zero-order valence-electron chi connectivity index (χ0n) is 8.19. The third-order valence-corrected chi connectivity index (χ3v) is 3.16. The van der Waals surface area contributed by atoms with E-state index in [-0.39, 0.29) is 5.84 Å². The summed E-state index contributed by atoms with van der Waals surface area (Å²) in [5.74, 6) is 0.0567. The maximum absolute atomic E-state index is 11.2. The second-order valence-electron chi connectivity index (χ2n) is 3.25. The SMILES string of the molecule is CCc1cccc2c1C(N)=NS(=O)(=O)N2. The van der Waals surface area contributed by atoms with Crippen LogP contribution in [0.1, 0.15) is 18.1 Å². The molecule has 0 saturated carbocycles. The number of benzene rings is 1. The molecule has 0 amide bonds. The van der Waals surface area contributed by atoms with E-state index in [4.69, 9.17) is 5.73 Å². The van der Waals surface area contributed by atoms with Gasteiger partial charge in [-0.3, -0.25) is 4.72 Å². The molecule has 1 heterocycles. The van der Waals surface area contributed by atoms with E-state index >= 15 is 0 Å². The van der Waals surface area contributed by atoms with Crippen LogP contribution in [0.4, 0.5) is 5.69 Å². The Bertz CT molecular complexity index is 534. The molecule has 0 radical (unpaired) electrons. The van der Waals surface area contributed by atoms with Gasteiger partial charge in [0.25, 0.3) is 0 Å². The Morgan fingerprint density at radius 1 is 1.47 bits per heavy atom. The van der Waals surface area contributed by atoms with E-state index in [0.717, 1.165) is 12.0 Å². The molecule has 0 saturated heterocycles. The summed E-state index contributed by atoms with van der Waals surface area (Å²) in [6, 6.07) is 5.37. The number of hydrogen-bond acceptors (Lipinski definition) is 3. The molecule has 0 fully saturated rings. The molecule has 1 aliphatic heterocycles. The van der Waals surface area contributed by atoms with Gasteiger partial charge in [-0.25, -0.2) is 0 Å². The Hall–Kier alpha value is -1.56. The molecule has 0 aromatic heterocycles. The third kappa shape index (κ3) is 1.68. The van der Waals surface area contributed by atoms with Crippen LogP contribution in [-0.2, 0) is 16.6 Å². The van der Waals surface area contributed by atoms with Gasteiger partial charge in [0, 0.05) is 5.56 Å². The van der Waals surface area contributed by atoms with Crippen LogP contribution in [-0.4, -0.2) is 14.3 Å². The fourth-order valence-electron chi connectivity index (χ4n) is 1.62. The lowest BCUT2D eigenvalue weighted by Gasteiger charge is -2.18. The van der Waals surface area contributed by atoms with Gasteiger partial charge in [0.2, 0.25) is 0 Å². The maximum Gasteiger partial charge on any atom is 0.344 e. The maximum atomic E-state index is 11.2. The van der Waals surface area contributed by atoms with Crippen molar-refractivity contribution in [1.82, 2.24) is 0 Å². The Morgan fingerprint density at radius 3 is 2.87 bits per heavy atom. The van der Waals surface area contributed by atoms with E-state index in [0.29, 0.717) is 11.3 Å². The predicted octanol–water partition coefficient (Wildman–Crippen LogP) is 0.625. The number of rotatable bonds is 1. The van der Waals surface area contributed by atoms with E-state index in [2.05, 4.69) is 9.12 Å². The average molecular weight is 225 g/mol. The molecule has 0 spiro atoms. The third-order valence-electron chi connectivity index (χ3n) is 2.25. The standard InChI is InChI=1S/C9H11N3O2S/c1-2-6-4-3-5-7-8(6)9(10)12-15(13,14)11-7/h3-5,11H,2H2,1H3,(H2,10,12). The molecule has 0 aliphatic carbocycles. The lowest BCUT2D eigenvalue weighted by molar-refractivity contribution is 0.602. The highest BCUT2D eigenvalue weighted by molar-refractivity contribution is 7.91. The van der Waals surface area contributed by atoms with E-state index in [1.807, 2.05) is 13.0 Å². The highest BCUT2D eigenvalue weighted by atomic mass is 32.2. The number of aryl methyl sites for hydroxylation is 1. The molecule has 3 N–H and O–H groups in total. The summed E-state index contributed by atoms with van der Waals surface area (Å²) in [5, 5.41) is 0. The van der Waals surface area contributed by atoms with Gasteiger partial charge < -0.3 is 5.73 Å². The minimum Gasteiger partial charge on any atom is -0.382 e. The molecule has 2 rings (SSSR count). The van der Waals surface area contributed by atoms with Gasteiger partial charge in [-0.15, -0.1) is 4.40 Å². The van der Waals surface area contributed by atoms with Gasteiger partial charge in [-0.1, -0.05) is 19.1 Å². The van der Waals surface area contributed by atoms with Gasteiger partial charge >= 0.3 is 10.2 Å². The van der Waals surface area contributed by atoms with Crippen LogP contribution in [0.2, 0.25) is 0 Å². The number of anilines is 1. The van der Waals surface area contributed by atoms with Crippen LogP contribution in [0.25, 0.3) is 0 Å². The van der Waals surface area contributed by atoms with Crippen molar-refractivity contribution in [1.29, 1.82) is 0 Å². The quantitative estimate of drug-likeness (QED) is 0.735. The van der Waals surface area contributed by atoms with E-state index in [1.54, 1.807) is 12.1 Å². The van der Waals surface area contributed by atoms with Crippen molar-refractivity contribution >= 4 is 21.7 Å². The van der Waals surface area contributed by atoms with Crippen LogP contribution >= 0.6 is 0 Å². The summed E-state index contributed by atoms with van der Waals surface area (Å²) in [5.41, 5.74) is 7.80. The molecule has 80 valence electrons. The van der Waals surface area contributed by atoms with Crippen molar-refractivity contribution in [2.75, 3.05) is 4.72 Å². The highest BCUT2D eigenvalue weighted by Gasteiger charge is 2.22. The lowest BCUT2D eigenvalue weighted by Crippen LogP contribution is -2.27. The lowest BCUT2D eigenvalue weighted by atomic mass is 10.0. The Balaban J connectivity index is 2.70. The number of nitrogens with two attached hydrogens (primary N) is 1. The zero-order valence-corrected chi connectivity index (χ0v) is 9.00. The molecule has 6 heteroatoms. The highest BCUT2D eigenvalue weighted by Crippen LogP contribution is 2.25. The molecule has 1 aromatic rings. The number of fused-ring (bicyclic) bond motifs is 1. The Kier molecular flexibility index (Phi) is 2.15. The molecule has 0 atom stereocenters. The van der Waals surface area contributed by atoms with Crippen LogP contribution < -0.4 is 10.5 Å². The zero-order chi connectivity index (χ0) is 11.1. The van der Waals surface area contributed by atoms with E-state index in [1.165, 1.54) is 0 Å². The molecule has 0 unspecified atom stereocenters. The summed E-state index contributed by atoms with van der Waals surface area (Å²) < 4.78 is 28.3. The summed E-state index contributed by atoms with van der Waals surface area (Å²) in [7, 11) is -3.66. The van der Waals surface area contributed by atoms with Crippen LogP contribution in [0, 0.1) is 0 Å². The van der Waals surface area contributed by atoms with Crippen molar-refractivity contribution in [3.05, 3.63) is 29.3 Å². The molecule has 0 bridgehead atoms. The van der Waals surface area contributed by atoms with Gasteiger partial charge in [-0.2, -0.15) is 8.42 Å². The fourth-order valence-corrected chi connectivity index (χ4v) is 2.46. The number of nitrogens with zero attached hydrogens (tertiary/aromatic N) is 1. The summed E-state index contributed by atoms with van der Waals surface area (Å²) in [6.45, 7) is 1.98. The number of hydrogen-bond donors (Lipinski definition) is 2. The van der Waals surface area contributed by atoms with E-state index in [9.17, 15) is 8.42 Å². The summed E-state index contributed by atoms with van der Waals surface area (Å²) in [6.07, 6.45) is 0.779. The van der Waals surface area contributed by atoms with Gasteiger partial charge in [0.1, 0.15) is 5.84 Å². The minimum absolute atomic E-state index is 0.0567. The first-order chi connectivity index (χ1) is 7.03. The minimum atomic E-state index is -3.66. The predicted molar refractivity (Wildman–Crippen MR) is 59.1 cm³/mol. The van der Waals surface area contributed by atoms with Crippen molar-refractivity contribution in [2.24, 2.45) is 10.1 Å². The van der Waals surface area contributed by atoms with Crippen LogP contribution in [0.5, 0.6) is 0 Å². The number of amidine groups is 1. The normalized spacial score (nSPS) is 17.5.